The van der Waals surface area contributed by atoms with E-state index in [0.717, 1.165) is 16.7 Å². The molecule has 3 rings (SSSR count). The maximum absolute atomic E-state index is 12.6. The first-order chi connectivity index (χ1) is 13.0. The van der Waals surface area contributed by atoms with Crippen LogP contribution in [0.25, 0.3) is 11.1 Å². The van der Waals surface area contributed by atoms with Crippen molar-refractivity contribution >= 4 is 40.5 Å². The maximum Gasteiger partial charge on any atom is 0.349 e. The second kappa shape index (κ2) is 8.33. The Bertz CT molecular complexity index is 969. The quantitative estimate of drug-likeness (QED) is 0.485. The molecular weight excluding hydrogens is 384 g/mol. The maximum atomic E-state index is 12.6. The van der Waals surface area contributed by atoms with Crippen LogP contribution in [0.4, 0.5) is 5.69 Å². The summed E-state index contributed by atoms with van der Waals surface area (Å²) in [5.41, 5.74) is 3.21. The number of hydrogen-bond acceptors (Lipinski definition) is 5. The zero-order valence-corrected chi connectivity index (χ0v) is 16.3. The Balaban J connectivity index is 1.70. The summed E-state index contributed by atoms with van der Waals surface area (Å²) in [5.74, 6) is -1.02. The zero-order valence-electron chi connectivity index (χ0n) is 14.7. The predicted octanol–water partition coefficient (Wildman–Crippen LogP) is 4.96. The van der Waals surface area contributed by atoms with E-state index in [-0.39, 0.29) is 5.15 Å². The number of aryl methyl sites for hydroxylation is 1. The number of halogens is 1. The summed E-state index contributed by atoms with van der Waals surface area (Å²) in [6, 6.07) is 13.0. The van der Waals surface area contributed by atoms with E-state index in [9.17, 15) is 9.59 Å². The van der Waals surface area contributed by atoms with Gasteiger partial charge < -0.3 is 10.1 Å². The van der Waals surface area contributed by atoms with Gasteiger partial charge in [0, 0.05) is 11.8 Å². The van der Waals surface area contributed by atoms with Crippen molar-refractivity contribution in [3.63, 3.8) is 0 Å². The average molecular weight is 401 g/mol. The Kier molecular flexibility index (Phi) is 5.88. The molecule has 0 aliphatic rings. The van der Waals surface area contributed by atoms with Crippen LogP contribution in [0.2, 0.25) is 5.15 Å². The van der Waals surface area contributed by atoms with E-state index in [2.05, 4.69) is 10.3 Å². The molecule has 1 unspecified atom stereocenters. The molecule has 7 heteroatoms. The lowest BCUT2D eigenvalue weighted by Crippen LogP contribution is -2.30. The largest absolute Gasteiger partial charge is 0.448 e. The number of ether oxygens (including phenoxy) is 1. The molecule has 0 saturated heterocycles. The number of carbonyl (C=O) groups excluding carboxylic acids is 2. The van der Waals surface area contributed by atoms with Gasteiger partial charge in [0.05, 0.1) is 5.69 Å². The van der Waals surface area contributed by atoms with Gasteiger partial charge in [0.2, 0.25) is 0 Å². The number of aromatic nitrogens is 1. The molecule has 138 valence electrons. The van der Waals surface area contributed by atoms with Crippen molar-refractivity contribution in [1.29, 1.82) is 0 Å². The number of thiophene rings is 1. The van der Waals surface area contributed by atoms with Crippen molar-refractivity contribution < 1.29 is 14.3 Å². The van der Waals surface area contributed by atoms with E-state index in [1.165, 1.54) is 24.5 Å². The molecule has 0 spiro atoms. The minimum Gasteiger partial charge on any atom is -0.448 e. The van der Waals surface area contributed by atoms with Crippen molar-refractivity contribution in [2.24, 2.45) is 0 Å². The van der Waals surface area contributed by atoms with Crippen LogP contribution in [-0.4, -0.2) is 23.0 Å². The van der Waals surface area contributed by atoms with Gasteiger partial charge in [0.15, 0.2) is 11.3 Å². The van der Waals surface area contributed by atoms with Gasteiger partial charge in [-0.15, -0.1) is 11.3 Å². The lowest BCUT2D eigenvalue weighted by molar-refractivity contribution is -0.123. The van der Waals surface area contributed by atoms with Crippen LogP contribution >= 0.6 is 22.9 Å². The Labute approximate surface area is 166 Å². The highest BCUT2D eigenvalue weighted by molar-refractivity contribution is 7.12. The smallest absolute Gasteiger partial charge is 0.349 e. The summed E-state index contributed by atoms with van der Waals surface area (Å²) in [5, 5.41) is 4.60. The molecule has 1 atom stereocenters. The third-order valence-corrected chi connectivity index (χ3v) is 5.08. The van der Waals surface area contributed by atoms with Crippen LogP contribution in [-0.2, 0) is 9.53 Å². The van der Waals surface area contributed by atoms with Crippen LogP contribution in [0.5, 0.6) is 0 Å². The molecule has 1 amide bonds. The molecule has 0 bridgehead atoms. The van der Waals surface area contributed by atoms with Gasteiger partial charge in [-0.2, -0.15) is 0 Å². The average Bonchev–Trinajstić information content (AvgIpc) is 3.14. The number of rotatable bonds is 5. The zero-order chi connectivity index (χ0) is 19.4. The summed E-state index contributed by atoms with van der Waals surface area (Å²) in [7, 11) is 0. The SMILES string of the molecule is Cc1ccc(-c2ccsc2C(=O)OC(C)C(=O)Nc2cccnc2Cl)cc1. The van der Waals surface area contributed by atoms with Gasteiger partial charge >= 0.3 is 5.97 Å². The Morgan fingerprint density at radius 3 is 2.63 bits per heavy atom. The van der Waals surface area contributed by atoms with Gasteiger partial charge in [-0.25, -0.2) is 9.78 Å². The molecule has 5 nitrogen and oxygen atoms in total. The number of benzene rings is 1. The number of hydrogen-bond donors (Lipinski definition) is 1. The molecule has 2 heterocycles. The molecule has 0 aliphatic heterocycles. The Hall–Kier alpha value is -2.70. The third-order valence-electron chi connectivity index (χ3n) is 3.88. The number of nitrogens with zero attached hydrogens (tertiary/aromatic N) is 1. The number of pyridine rings is 1. The molecule has 1 aromatic carbocycles. The summed E-state index contributed by atoms with van der Waals surface area (Å²) in [4.78, 5) is 29.2. The number of esters is 1. The summed E-state index contributed by atoms with van der Waals surface area (Å²) in [6.07, 6.45) is 0.534. The van der Waals surface area contributed by atoms with Gasteiger partial charge in [0.1, 0.15) is 4.88 Å². The highest BCUT2D eigenvalue weighted by atomic mass is 35.5. The van der Waals surface area contributed by atoms with Crippen molar-refractivity contribution in [2.75, 3.05) is 5.32 Å². The summed E-state index contributed by atoms with van der Waals surface area (Å²) in [6.45, 7) is 3.51. The van der Waals surface area contributed by atoms with Crippen molar-refractivity contribution in [2.45, 2.75) is 20.0 Å². The van der Waals surface area contributed by atoms with E-state index in [0.29, 0.717) is 10.6 Å². The van der Waals surface area contributed by atoms with Gasteiger partial charge in [-0.1, -0.05) is 41.4 Å². The third kappa shape index (κ3) is 4.53. The number of nitrogens with one attached hydrogen (secondary N) is 1. The minimum atomic E-state index is -0.984. The van der Waals surface area contributed by atoms with E-state index in [1.807, 2.05) is 42.6 Å². The first-order valence-electron chi connectivity index (χ1n) is 8.22. The van der Waals surface area contributed by atoms with Crippen LogP contribution in [0.15, 0.2) is 54.0 Å². The second-order valence-corrected chi connectivity index (χ2v) is 7.18. The second-order valence-electron chi connectivity index (χ2n) is 5.91. The standard InChI is InChI=1S/C20H17ClN2O3S/c1-12-5-7-14(8-6-12)15-9-11-27-17(15)20(25)26-13(2)19(24)23-16-4-3-10-22-18(16)21/h3-11,13H,1-2H3,(H,23,24). The van der Waals surface area contributed by atoms with Crippen molar-refractivity contribution in [1.82, 2.24) is 4.98 Å². The molecule has 3 aromatic rings. The predicted molar refractivity (Wildman–Crippen MR) is 107 cm³/mol. The fourth-order valence-electron chi connectivity index (χ4n) is 2.41. The lowest BCUT2D eigenvalue weighted by Gasteiger charge is -2.14. The molecule has 0 fully saturated rings. The topological polar surface area (TPSA) is 68.3 Å². The normalized spacial score (nSPS) is 11.7. The van der Waals surface area contributed by atoms with Gasteiger partial charge in [0.25, 0.3) is 5.91 Å². The number of carbonyl (C=O) groups is 2. The fraction of sp³-hybridized carbons (Fsp3) is 0.150. The van der Waals surface area contributed by atoms with Crippen LogP contribution in [0, 0.1) is 6.92 Å². The van der Waals surface area contributed by atoms with Crippen LogP contribution in [0.3, 0.4) is 0 Å². The molecule has 0 aliphatic carbocycles. The molecule has 27 heavy (non-hydrogen) atoms. The minimum absolute atomic E-state index is 0.171. The van der Waals surface area contributed by atoms with Crippen LogP contribution in [0.1, 0.15) is 22.2 Å². The Morgan fingerprint density at radius 2 is 1.93 bits per heavy atom. The summed E-state index contributed by atoms with van der Waals surface area (Å²) < 4.78 is 5.35. The van der Waals surface area contributed by atoms with E-state index < -0.39 is 18.0 Å². The summed E-state index contributed by atoms with van der Waals surface area (Å²) >= 11 is 7.21. The fourth-order valence-corrected chi connectivity index (χ4v) is 3.37. The molecular formula is C20H17ClN2O3S. The Morgan fingerprint density at radius 1 is 1.19 bits per heavy atom. The first-order valence-corrected chi connectivity index (χ1v) is 9.48. The van der Waals surface area contributed by atoms with Crippen LogP contribution < -0.4 is 5.32 Å². The van der Waals surface area contributed by atoms with E-state index in [4.69, 9.17) is 16.3 Å². The molecule has 1 N–H and O–H groups in total. The monoisotopic (exact) mass is 400 g/mol. The van der Waals surface area contributed by atoms with Gasteiger partial charge in [-0.3, -0.25) is 4.79 Å². The highest BCUT2D eigenvalue weighted by Crippen LogP contribution is 2.29. The van der Waals surface area contributed by atoms with Crippen molar-refractivity contribution in [3.05, 3.63) is 69.6 Å². The molecule has 2 aromatic heterocycles. The number of anilines is 1. The van der Waals surface area contributed by atoms with Crippen molar-refractivity contribution in [3.8, 4) is 11.1 Å². The highest BCUT2D eigenvalue weighted by Gasteiger charge is 2.23. The van der Waals surface area contributed by atoms with Gasteiger partial charge in [-0.05, 0) is 43.0 Å². The first kappa shape index (κ1) is 19.1. The van der Waals surface area contributed by atoms with E-state index >= 15 is 0 Å². The molecule has 0 radical (unpaired) electrons. The number of amides is 1. The lowest BCUT2D eigenvalue weighted by atomic mass is 10.1. The van der Waals surface area contributed by atoms with E-state index in [1.54, 1.807) is 12.1 Å². The molecule has 0 saturated carbocycles.